The largest absolute Gasteiger partial charge is 0.485 e. The van der Waals surface area contributed by atoms with E-state index in [1.807, 2.05) is 24.3 Å². The van der Waals surface area contributed by atoms with Crippen LogP contribution in [0.1, 0.15) is 17.5 Å². The number of allylic oxidation sites excluding steroid dienone is 1. The molecule has 0 radical (unpaired) electrons. The predicted molar refractivity (Wildman–Crippen MR) is 57.7 cm³/mol. The molecule has 72 valence electrons. The van der Waals surface area contributed by atoms with E-state index in [9.17, 15) is 0 Å². The van der Waals surface area contributed by atoms with Gasteiger partial charge in [0.05, 0.1) is 0 Å². The van der Waals surface area contributed by atoms with Gasteiger partial charge in [0.15, 0.2) is 0 Å². The number of benzene rings is 1. The van der Waals surface area contributed by atoms with E-state index in [0.29, 0.717) is 16.9 Å². The number of hydrogen-bond donors (Lipinski definition) is 2. The molecule has 0 atom stereocenters. The summed E-state index contributed by atoms with van der Waals surface area (Å²) in [6.45, 7) is 0. The highest BCUT2D eigenvalue weighted by Gasteiger charge is 2.24. The first-order valence-electron chi connectivity index (χ1n) is 4.53. The first-order valence-corrected chi connectivity index (χ1v) is 4.91. The second kappa shape index (κ2) is 3.77. The molecule has 1 aromatic carbocycles. The summed E-state index contributed by atoms with van der Waals surface area (Å²) in [4.78, 5) is 0. The fourth-order valence-corrected chi connectivity index (χ4v) is 2.12. The van der Waals surface area contributed by atoms with Crippen molar-refractivity contribution < 1.29 is 10.0 Å². The first kappa shape index (κ1) is 9.78. The Morgan fingerprint density at radius 2 is 1.86 bits per heavy atom. The second-order valence-corrected chi connectivity index (χ2v) is 3.75. The summed E-state index contributed by atoms with van der Waals surface area (Å²) in [6, 6.07) is 7.77. The zero-order chi connectivity index (χ0) is 10.1. The molecular weight excluding hydrogens is 198 g/mol. The van der Waals surface area contributed by atoms with Gasteiger partial charge in [-0.05, 0) is 29.4 Å². The molecule has 0 heterocycles. The molecule has 0 aliphatic heterocycles. The standard InChI is InChI=1S/C10H10BClO2/c12-10-8-4-2-1-3-7(8)5-6-9(10)11(13)14/h1-4,13-14H,5-6H2. The third-order valence-electron chi connectivity index (χ3n) is 2.51. The fourth-order valence-electron chi connectivity index (χ4n) is 1.75. The summed E-state index contributed by atoms with van der Waals surface area (Å²) in [5.41, 5.74) is 2.61. The molecular formula is C10H10BClO2. The molecule has 0 saturated carbocycles. The molecule has 2 nitrogen and oxygen atoms in total. The van der Waals surface area contributed by atoms with Gasteiger partial charge < -0.3 is 10.0 Å². The van der Waals surface area contributed by atoms with Crippen molar-refractivity contribution in [2.24, 2.45) is 0 Å². The first-order chi connectivity index (χ1) is 6.70. The molecule has 1 aliphatic rings. The second-order valence-electron chi connectivity index (χ2n) is 3.37. The van der Waals surface area contributed by atoms with Crippen LogP contribution in [0.5, 0.6) is 0 Å². The predicted octanol–water partition coefficient (Wildman–Crippen LogP) is 1.59. The van der Waals surface area contributed by atoms with E-state index in [4.69, 9.17) is 21.6 Å². The van der Waals surface area contributed by atoms with Gasteiger partial charge in [-0.3, -0.25) is 0 Å². The molecule has 14 heavy (non-hydrogen) atoms. The zero-order valence-corrected chi connectivity index (χ0v) is 8.33. The van der Waals surface area contributed by atoms with Crippen molar-refractivity contribution in [3.63, 3.8) is 0 Å². The van der Waals surface area contributed by atoms with Crippen molar-refractivity contribution in [1.82, 2.24) is 0 Å². The normalized spacial score (nSPS) is 15.4. The summed E-state index contributed by atoms with van der Waals surface area (Å²) < 4.78 is 0. The van der Waals surface area contributed by atoms with Crippen molar-refractivity contribution in [3.05, 3.63) is 40.9 Å². The van der Waals surface area contributed by atoms with Crippen molar-refractivity contribution in [3.8, 4) is 0 Å². The van der Waals surface area contributed by atoms with Crippen LogP contribution in [0.25, 0.3) is 5.03 Å². The van der Waals surface area contributed by atoms with Crippen LogP contribution < -0.4 is 0 Å². The van der Waals surface area contributed by atoms with Crippen LogP contribution in [0, 0.1) is 0 Å². The molecule has 0 amide bonds. The minimum Gasteiger partial charge on any atom is -0.423 e. The highest BCUT2D eigenvalue weighted by Crippen LogP contribution is 2.34. The SMILES string of the molecule is OB(O)C1=C(Cl)c2ccccc2CC1. The minimum absolute atomic E-state index is 0.488. The molecule has 0 saturated heterocycles. The highest BCUT2D eigenvalue weighted by molar-refractivity contribution is 6.61. The average molecular weight is 208 g/mol. The molecule has 0 spiro atoms. The number of hydrogen-bond acceptors (Lipinski definition) is 2. The van der Waals surface area contributed by atoms with E-state index in [2.05, 4.69) is 0 Å². The van der Waals surface area contributed by atoms with Gasteiger partial charge in [-0.2, -0.15) is 0 Å². The van der Waals surface area contributed by atoms with E-state index < -0.39 is 7.12 Å². The van der Waals surface area contributed by atoms with Crippen molar-refractivity contribution in [2.75, 3.05) is 0 Å². The van der Waals surface area contributed by atoms with E-state index >= 15 is 0 Å². The van der Waals surface area contributed by atoms with Crippen LogP contribution in [0.4, 0.5) is 0 Å². The zero-order valence-electron chi connectivity index (χ0n) is 7.57. The van der Waals surface area contributed by atoms with Crippen molar-refractivity contribution in [2.45, 2.75) is 12.8 Å². The van der Waals surface area contributed by atoms with Gasteiger partial charge in [0.2, 0.25) is 0 Å². The van der Waals surface area contributed by atoms with E-state index in [-0.39, 0.29) is 0 Å². The Balaban J connectivity index is 2.51. The molecule has 1 aromatic rings. The molecule has 2 N–H and O–H groups in total. The van der Waals surface area contributed by atoms with Crippen molar-refractivity contribution >= 4 is 23.8 Å². The lowest BCUT2D eigenvalue weighted by atomic mass is 9.72. The molecule has 2 rings (SSSR count). The lowest BCUT2D eigenvalue weighted by molar-refractivity contribution is 0.416. The maximum Gasteiger partial charge on any atom is 0.485 e. The Morgan fingerprint density at radius 1 is 1.14 bits per heavy atom. The maximum absolute atomic E-state index is 9.09. The van der Waals surface area contributed by atoms with E-state index in [0.717, 1.165) is 12.0 Å². The van der Waals surface area contributed by atoms with Gasteiger partial charge in [-0.1, -0.05) is 35.9 Å². The van der Waals surface area contributed by atoms with Gasteiger partial charge in [0, 0.05) is 5.03 Å². The summed E-state index contributed by atoms with van der Waals surface area (Å²) in [7, 11) is -1.43. The summed E-state index contributed by atoms with van der Waals surface area (Å²) in [5, 5.41) is 18.7. The number of rotatable bonds is 1. The van der Waals surface area contributed by atoms with Gasteiger partial charge in [-0.25, -0.2) is 0 Å². The van der Waals surface area contributed by atoms with E-state index in [1.165, 1.54) is 5.56 Å². The Labute approximate surface area is 88.0 Å². The molecule has 0 bridgehead atoms. The quantitative estimate of drug-likeness (QED) is 0.688. The Morgan fingerprint density at radius 3 is 2.57 bits per heavy atom. The third-order valence-corrected chi connectivity index (χ3v) is 2.96. The van der Waals surface area contributed by atoms with Crippen LogP contribution in [0.15, 0.2) is 29.7 Å². The lowest BCUT2D eigenvalue weighted by Gasteiger charge is -2.18. The van der Waals surface area contributed by atoms with Crippen molar-refractivity contribution in [1.29, 1.82) is 0 Å². The number of fused-ring (bicyclic) bond motifs is 1. The van der Waals surface area contributed by atoms with Crippen LogP contribution >= 0.6 is 11.6 Å². The van der Waals surface area contributed by atoms with Crippen LogP contribution in [-0.4, -0.2) is 17.2 Å². The fraction of sp³-hybridized carbons (Fsp3) is 0.200. The van der Waals surface area contributed by atoms with Gasteiger partial charge in [0.1, 0.15) is 0 Å². The number of aryl methyl sites for hydroxylation is 1. The molecule has 0 fully saturated rings. The van der Waals surface area contributed by atoms with Crippen LogP contribution in [-0.2, 0) is 6.42 Å². The Kier molecular flexibility index (Phi) is 2.63. The third kappa shape index (κ3) is 1.59. The summed E-state index contributed by atoms with van der Waals surface area (Å²) in [6.07, 6.45) is 1.44. The smallest absolute Gasteiger partial charge is 0.423 e. The van der Waals surface area contributed by atoms with Crippen LogP contribution in [0.2, 0.25) is 0 Å². The molecule has 1 aliphatic carbocycles. The summed E-state index contributed by atoms with van der Waals surface area (Å²) in [5.74, 6) is 0. The number of halogens is 1. The monoisotopic (exact) mass is 208 g/mol. The van der Waals surface area contributed by atoms with E-state index in [1.54, 1.807) is 0 Å². The highest BCUT2D eigenvalue weighted by atomic mass is 35.5. The average Bonchev–Trinajstić information content (AvgIpc) is 2.18. The molecule has 4 heteroatoms. The topological polar surface area (TPSA) is 40.5 Å². The molecule has 0 unspecified atom stereocenters. The minimum atomic E-state index is -1.43. The summed E-state index contributed by atoms with van der Waals surface area (Å²) >= 11 is 6.07. The van der Waals surface area contributed by atoms with Crippen LogP contribution in [0.3, 0.4) is 0 Å². The maximum atomic E-state index is 9.09. The Hall–Kier alpha value is -0.765. The van der Waals surface area contributed by atoms with Gasteiger partial charge in [0.25, 0.3) is 0 Å². The molecule has 0 aromatic heterocycles. The van der Waals surface area contributed by atoms with Gasteiger partial charge in [-0.15, -0.1) is 0 Å². The lowest BCUT2D eigenvalue weighted by Crippen LogP contribution is -2.19. The van der Waals surface area contributed by atoms with Gasteiger partial charge >= 0.3 is 7.12 Å². The Bertz CT molecular complexity index is 387.